The van der Waals surface area contributed by atoms with Crippen LogP contribution in [0, 0.1) is 5.92 Å². The van der Waals surface area contributed by atoms with Crippen molar-refractivity contribution in [2.75, 3.05) is 19.7 Å². The molecule has 1 N–H and O–H groups in total. The van der Waals surface area contributed by atoms with Gasteiger partial charge in [-0.1, -0.05) is 25.8 Å². The number of carbonyl (C=O) groups is 2. The fourth-order valence-corrected chi connectivity index (χ4v) is 5.89. The van der Waals surface area contributed by atoms with Gasteiger partial charge in [-0.15, -0.1) is 0 Å². The average molecular weight is 453 g/mol. The van der Waals surface area contributed by atoms with Crippen LogP contribution in [0.15, 0.2) is 29.2 Å². The minimum Gasteiger partial charge on any atom is -0.452 e. The SMILES string of the molecule is CC1CN(S(=O)(=O)c2cccc(C(=O)OCC(=O)NC3CCCCC3C)c2)CC(C)O1. The average Bonchev–Trinajstić information content (AvgIpc) is 2.73. The molecule has 1 saturated carbocycles. The number of nitrogens with zero attached hydrogens (tertiary/aromatic N) is 1. The second kappa shape index (κ2) is 10.1. The molecule has 8 nitrogen and oxygen atoms in total. The van der Waals surface area contributed by atoms with Crippen molar-refractivity contribution in [1.82, 2.24) is 9.62 Å². The van der Waals surface area contributed by atoms with Gasteiger partial charge in [-0.2, -0.15) is 4.31 Å². The van der Waals surface area contributed by atoms with Crippen LogP contribution in [0.3, 0.4) is 0 Å². The number of hydrogen-bond donors (Lipinski definition) is 1. The molecule has 1 amide bonds. The van der Waals surface area contributed by atoms with Crippen molar-refractivity contribution in [3.05, 3.63) is 29.8 Å². The van der Waals surface area contributed by atoms with Crippen molar-refractivity contribution < 1.29 is 27.5 Å². The summed E-state index contributed by atoms with van der Waals surface area (Å²) in [7, 11) is -3.77. The zero-order valence-corrected chi connectivity index (χ0v) is 19.2. The molecule has 1 saturated heterocycles. The third-order valence-corrected chi connectivity index (χ3v) is 7.71. The number of morpholine rings is 1. The predicted octanol–water partition coefficient (Wildman–Crippen LogP) is 2.34. The van der Waals surface area contributed by atoms with Crippen LogP contribution in [0.4, 0.5) is 0 Å². The van der Waals surface area contributed by atoms with Crippen LogP contribution < -0.4 is 5.32 Å². The highest BCUT2D eigenvalue weighted by atomic mass is 32.2. The van der Waals surface area contributed by atoms with Crippen molar-refractivity contribution in [3.63, 3.8) is 0 Å². The Morgan fingerprint density at radius 2 is 1.81 bits per heavy atom. The zero-order chi connectivity index (χ0) is 22.6. The van der Waals surface area contributed by atoms with E-state index in [1.165, 1.54) is 35.0 Å². The summed E-state index contributed by atoms with van der Waals surface area (Å²) in [4.78, 5) is 24.6. The first kappa shape index (κ1) is 23.7. The molecule has 2 fully saturated rings. The molecule has 1 heterocycles. The van der Waals surface area contributed by atoms with Gasteiger partial charge in [-0.25, -0.2) is 13.2 Å². The fraction of sp³-hybridized carbons (Fsp3) is 0.636. The first-order valence-corrected chi connectivity index (χ1v) is 12.3. The van der Waals surface area contributed by atoms with Crippen LogP contribution >= 0.6 is 0 Å². The standard InChI is InChI=1S/C22H32N2O6S/c1-15-7-4-5-10-20(15)23-21(25)14-29-22(26)18-8-6-9-19(11-18)31(27,28)24-12-16(2)30-17(3)13-24/h6,8-9,11,15-17,20H,4-5,7,10,12-14H2,1-3H3,(H,23,25). The van der Waals surface area contributed by atoms with E-state index >= 15 is 0 Å². The molecule has 172 valence electrons. The summed E-state index contributed by atoms with van der Waals surface area (Å²) in [6.07, 6.45) is 3.84. The second-order valence-corrected chi connectivity index (χ2v) is 10.6. The van der Waals surface area contributed by atoms with E-state index in [0.29, 0.717) is 5.92 Å². The highest BCUT2D eigenvalue weighted by Crippen LogP contribution is 2.24. The molecule has 1 aliphatic heterocycles. The van der Waals surface area contributed by atoms with Crippen LogP contribution in [-0.2, 0) is 24.3 Å². The smallest absolute Gasteiger partial charge is 0.338 e. The Bertz CT molecular complexity index is 893. The summed E-state index contributed by atoms with van der Waals surface area (Å²) in [5.41, 5.74) is 0.0919. The van der Waals surface area contributed by atoms with Crippen LogP contribution in [0.25, 0.3) is 0 Å². The lowest BCUT2D eigenvalue weighted by Gasteiger charge is -2.34. The maximum atomic E-state index is 13.0. The summed E-state index contributed by atoms with van der Waals surface area (Å²) in [5.74, 6) is -0.666. The van der Waals surface area contributed by atoms with E-state index in [1.54, 1.807) is 0 Å². The molecular weight excluding hydrogens is 420 g/mol. The molecule has 3 rings (SSSR count). The van der Waals surface area contributed by atoms with Crippen molar-refractivity contribution in [1.29, 1.82) is 0 Å². The van der Waals surface area contributed by atoms with Crippen LogP contribution in [0.2, 0.25) is 0 Å². The summed E-state index contributed by atoms with van der Waals surface area (Å²) in [5, 5.41) is 2.93. The number of hydrogen-bond acceptors (Lipinski definition) is 6. The quantitative estimate of drug-likeness (QED) is 0.665. The van der Waals surface area contributed by atoms with E-state index in [2.05, 4.69) is 12.2 Å². The van der Waals surface area contributed by atoms with Gasteiger partial charge >= 0.3 is 5.97 Å². The Kier molecular flexibility index (Phi) is 7.72. The van der Waals surface area contributed by atoms with E-state index in [9.17, 15) is 18.0 Å². The van der Waals surface area contributed by atoms with Crippen molar-refractivity contribution in [2.24, 2.45) is 5.92 Å². The lowest BCUT2D eigenvalue weighted by molar-refractivity contribution is -0.125. The highest BCUT2D eigenvalue weighted by molar-refractivity contribution is 7.89. The normalized spacial score (nSPS) is 27.5. The van der Waals surface area contributed by atoms with Crippen molar-refractivity contribution >= 4 is 21.9 Å². The Morgan fingerprint density at radius 1 is 1.13 bits per heavy atom. The molecule has 1 aromatic carbocycles. The minimum atomic E-state index is -3.77. The Morgan fingerprint density at radius 3 is 2.48 bits per heavy atom. The topological polar surface area (TPSA) is 102 Å². The van der Waals surface area contributed by atoms with Gasteiger partial charge in [0, 0.05) is 19.1 Å². The number of sulfonamides is 1. The highest BCUT2D eigenvalue weighted by Gasteiger charge is 2.32. The first-order chi connectivity index (χ1) is 14.7. The molecule has 4 unspecified atom stereocenters. The fourth-order valence-electron chi connectivity index (χ4n) is 4.25. The van der Waals surface area contributed by atoms with Gasteiger partial charge in [0.1, 0.15) is 0 Å². The van der Waals surface area contributed by atoms with Gasteiger partial charge < -0.3 is 14.8 Å². The molecule has 1 aliphatic carbocycles. The number of rotatable bonds is 6. The van der Waals surface area contributed by atoms with Crippen LogP contribution in [0.5, 0.6) is 0 Å². The molecule has 0 aromatic heterocycles. The number of benzene rings is 1. The molecule has 1 aromatic rings. The van der Waals surface area contributed by atoms with Crippen LogP contribution in [0.1, 0.15) is 56.8 Å². The number of esters is 1. The zero-order valence-electron chi connectivity index (χ0n) is 18.4. The third kappa shape index (κ3) is 6.05. The molecule has 0 spiro atoms. The molecule has 4 atom stereocenters. The van der Waals surface area contributed by atoms with Gasteiger partial charge in [-0.3, -0.25) is 4.79 Å². The summed E-state index contributed by atoms with van der Waals surface area (Å²) < 4.78 is 38.2. The molecule has 31 heavy (non-hydrogen) atoms. The molecule has 0 bridgehead atoms. The number of nitrogens with one attached hydrogen (secondary N) is 1. The van der Waals surface area contributed by atoms with E-state index in [0.717, 1.165) is 19.3 Å². The molecule has 9 heteroatoms. The van der Waals surface area contributed by atoms with E-state index < -0.39 is 22.6 Å². The maximum absolute atomic E-state index is 13.0. The van der Waals surface area contributed by atoms with Gasteiger partial charge in [0.25, 0.3) is 5.91 Å². The second-order valence-electron chi connectivity index (χ2n) is 8.62. The van der Waals surface area contributed by atoms with E-state index in [1.807, 2.05) is 13.8 Å². The summed E-state index contributed by atoms with van der Waals surface area (Å²) >= 11 is 0. The Labute approximate surface area is 184 Å². The van der Waals surface area contributed by atoms with E-state index in [-0.39, 0.29) is 47.7 Å². The van der Waals surface area contributed by atoms with Gasteiger partial charge in [0.05, 0.1) is 22.7 Å². The number of amides is 1. The van der Waals surface area contributed by atoms with Gasteiger partial charge in [-0.05, 0) is 50.8 Å². The summed E-state index contributed by atoms with van der Waals surface area (Å²) in [6, 6.07) is 5.83. The molecule has 2 aliphatic rings. The van der Waals surface area contributed by atoms with Crippen molar-refractivity contribution in [3.8, 4) is 0 Å². The Hall–Kier alpha value is -1.97. The monoisotopic (exact) mass is 452 g/mol. The molecule has 0 radical (unpaired) electrons. The van der Waals surface area contributed by atoms with Gasteiger partial charge in [0.15, 0.2) is 6.61 Å². The van der Waals surface area contributed by atoms with Crippen molar-refractivity contribution in [2.45, 2.75) is 69.6 Å². The third-order valence-electron chi connectivity index (χ3n) is 5.89. The lowest BCUT2D eigenvalue weighted by atomic mass is 9.86. The van der Waals surface area contributed by atoms with Gasteiger partial charge in [0.2, 0.25) is 10.0 Å². The lowest BCUT2D eigenvalue weighted by Crippen LogP contribution is -2.48. The van der Waals surface area contributed by atoms with Crippen LogP contribution in [-0.4, -0.2) is 62.5 Å². The largest absolute Gasteiger partial charge is 0.452 e. The minimum absolute atomic E-state index is 0.0173. The molecular formula is C22H32N2O6S. The summed E-state index contributed by atoms with van der Waals surface area (Å²) in [6.45, 7) is 5.87. The first-order valence-electron chi connectivity index (χ1n) is 10.9. The number of ether oxygens (including phenoxy) is 2. The maximum Gasteiger partial charge on any atom is 0.338 e. The predicted molar refractivity (Wildman–Crippen MR) is 115 cm³/mol. The Balaban J connectivity index is 1.61. The number of carbonyl (C=O) groups excluding carboxylic acids is 2. The van der Waals surface area contributed by atoms with E-state index in [4.69, 9.17) is 9.47 Å².